The molecule has 0 bridgehead atoms. The van der Waals surface area contributed by atoms with Crippen LogP contribution in [0.4, 0.5) is 10.1 Å². The number of phenols is 1. The standard InChI is InChI=1S/C12H8FN5O4S/c13-11-7(8-3-6(4-14)15-16-8)1-2-9(19)12(11)18-5-10(20)17-23(18,21)22/h1-3,19H,5H2,(H,15,16)(H,17,20). The van der Waals surface area contributed by atoms with E-state index in [1.165, 1.54) is 12.1 Å². The zero-order chi connectivity index (χ0) is 16.8. The predicted octanol–water partition coefficient (Wildman–Crippen LogP) is -0.0259. The molecule has 0 unspecified atom stereocenters. The third kappa shape index (κ3) is 2.34. The van der Waals surface area contributed by atoms with E-state index in [1.807, 2.05) is 0 Å². The van der Waals surface area contributed by atoms with Crippen molar-refractivity contribution in [3.63, 3.8) is 0 Å². The molecule has 3 rings (SSSR count). The number of carbonyl (C=O) groups excluding carboxylic acids is 1. The van der Waals surface area contributed by atoms with Crippen molar-refractivity contribution >= 4 is 21.8 Å². The van der Waals surface area contributed by atoms with Crippen molar-refractivity contribution in [3.8, 4) is 23.1 Å². The Labute approximate surface area is 129 Å². The fraction of sp³-hybridized carbons (Fsp3) is 0.0833. The Morgan fingerprint density at radius 1 is 1.43 bits per heavy atom. The van der Waals surface area contributed by atoms with Crippen LogP contribution >= 0.6 is 0 Å². The summed E-state index contributed by atoms with van der Waals surface area (Å²) < 4.78 is 40.5. The summed E-state index contributed by atoms with van der Waals surface area (Å²) in [5.41, 5.74) is -0.633. The number of aromatic amines is 1. The van der Waals surface area contributed by atoms with Crippen LogP contribution in [0.1, 0.15) is 5.69 Å². The molecule has 0 saturated carbocycles. The molecule has 2 heterocycles. The van der Waals surface area contributed by atoms with Gasteiger partial charge in [-0.3, -0.25) is 9.89 Å². The summed E-state index contributed by atoms with van der Waals surface area (Å²) in [6.45, 7) is -0.650. The number of amides is 1. The normalized spacial score (nSPS) is 16.2. The molecule has 23 heavy (non-hydrogen) atoms. The second-order valence-electron chi connectivity index (χ2n) is 4.61. The first kappa shape index (κ1) is 14.8. The maximum atomic E-state index is 14.7. The quantitative estimate of drug-likeness (QED) is 0.703. The molecule has 11 heteroatoms. The van der Waals surface area contributed by atoms with Crippen LogP contribution in [-0.2, 0) is 15.0 Å². The molecule has 9 nitrogen and oxygen atoms in total. The van der Waals surface area contributed by atoms with Gasteiger partial charge < -0.3 is 5.11 Å². The first-order chi connectivity index (χ1) is 10.8. The van der Waals surface area contributed by atoms with Crippen molar-refractivity contribution in [3.05, 3.63) is 29.7 Å². The van der Waals surface area contributed by atoms with Gasteiger partial charge in [0.15, 0.2) is 11.5 Å². The average Bonchev–Trinajstić information content (AvgIpc) is 3.03. The number of phenolic OH excluding ortho intramolecular Hbond substituents is 1. The molecule has 1 fully saturated rings. The largest absolute Gasteiger partial charge is 0.506 e. The topological polar surface area (TPSA) is 139 Å². The Kier molecular flexibility index (Phi) is 3.19. The van der Waals surface area contributed by atoms with Crippen LogP contribution < -0.4 is 9.03 Å². The van der Waals surface area contributed by atoms with Gasteiger partial charge in [-0.05, 0) is 12.1 Å². The lowest BCUT2D eigenvalue weighted by Crippen LogP contribution is -2.30. The van der Waals surface area contributed by atoms with Crippen LogP contribution in [0.5, 0.6) is 5.75 Å². The van der Waals surface area contributed by atoms with E-state index in [4.69, 9.17) is 5.26 Å². The highest BCUT2D eigenvalue weighted by Gasteiger charge is 2.38. The van der Waals surface area contributed by atoms with E-state index >= 15 is 0 Å². The zero-order valence-electron chi connectivity index (χ0n) is 11.2. The van der Waals surface area contributed by atoms with Gasteiger partial charge in [0.05, 0.1) is 5.69 Å². The van der Waals surface area contributed by atoms with E-state index in [9.17, 15) is 22.7 Å². The molecule has 2 aromatic rings. The molecule has 0 radical (unpaired) electrons. The van der Waals surface area contributed by atoms with Crippen molar-refractivity contribution in [1.29, 1.82) is 5.26 Å². The van der Waals surface area contributed by atoms with Gasteiger partial charge in [-0.2, -0.15) is 18.8 Å². The monoisotopic (exact) mass is 337 g/mol. The van der Waals surface area contributed by atoms with Crippen LogP contribution in [-0.4, -0.2) is 36.2 Å². The van der Waals surface area contributed by atoms with Crippen molar-refractivity contribution < 1.29 is 22.7 Å². The smallest absolute Gasteiger partial charge is 0.326 e. The summed E-state index contributed by atoms with van der Waals surface area (Å²) in [5.74, 6) is -2.56. The highest BCUT2D eigenvalue weighted by molar-refractivity contribution is 7.92. The number of benzene rings is 1. The minimum absolute atomic E-state index is 0.0136. The van der Waals surface area contributed by atoms with Gasteiger partial charge in [0.1, 0.15) is 24.1 Å². The lowest BCUT2D eigenvalue weighted by molar-refractivity contribution is -0.117. The number of anilines is 1. The van der Waals surface area contributed by atoms with Crippen molar-refractivity contribution in [2.45, 2.75) is 0 Å². The maximum Gasteiger partial charge on any atom is 0.326 e. The molecule has 1 aromatic heterocycles. The Morgan fingerprint density at radius 2 is 2.17 bits per heavy atom. The van der Waals surface area contributed by atoms with Gasteiger partial charge in [0, 0.05) is 11.6 Å². The van der Waals surface area contributed by atoms with Crippen molar-refractivity contribution in [1.82, 2.24) is 14.9 Å². The van der Waals surface area contributed by atoms with Gasteiger partial charge in [-0.15, -0.1) is 0 Å². The number of nitrogens with one attached hydrogen (secondary N) is 2. The van der Waals surface area contributed by atoms with Gasteiger partial charge in [-0.1, -0.05) is 0 Å². The average molecular weight is 337 g/mol. The van der Waals surface area contributed by atoms with Gasteiger partial charge in [0.25, 0.3) is 5.91 Å². The molecule has 3 N–H and O–H groups in total. The summed E-state index contributed by atoms with van der Waals surface area (Å²) >= 11 is 0. The van der Waals surface area contributed by atoms with Gasteiger partial charge >= 0.3 is 10.2 Å². The lowest BCUT2D eigenvalue weighted by atomic mass is 10.1. The SMILES string of the molecule is N#Cc1cc(-c2ccc(O)c(N3CC(=O)NS3(=O)=O)c2F)[nH]n1. The van der Waals surface area contributed by atoms with Gasteiger partial charge in [0.2, 0.25) is 0 Å². The number of hydrogen-bond acceptors (Lipinski definition) is 6. The van der Waals surface area contributed by atoms with Crippen LogP contribution in [0.15, 0.2) is 18.2 Å². The first-order valence-corrected chi connectivity index (χ1v) is 7.58. The second kappa shape index (κ2) is 4.96. The lowest BCUT2D eigenvalue weighted by Gasteiger charge is -2.18. The number of carbonyl (C=O) groups is 1. The molecule has 118 valence electrons. The summed E-state index contributed by atoms with van der Waals surface area (Å²) in [6.07, 6.45) is 0. The summed E-state index contributed by atoms with van der Waals surface area (Å²) in [6, 6.07) is 5.30. The van der Waals surface area contributed by atoms with Gasteiger partial charge in [-0.25, -0.2) is 13.4 Å². The second-order valence-corrected chi connectivity index (χ2v) is 6.21. The fourth-order valence-electron chi connectivity index (χ4n) is 2.16. The number of H-pyrrole nitrogens is 1. The molecule has 1 aliphatic heterocycles. The van der Waals surface area contributed by atoms with E-state index in [1.54, 1.807) is 10.8 Å². The van der Waals surface area contributed by atoms with Crippen LogP contribution in [0.2, 0.25) is 0 Å². The summed E-state index contributed by atoms with van der Waals surface area (Å²) in [4.78, 5) is 11.3. The van der Waals surface area contributed by atoms with E-state index in [-0.39, 0.29) is 17.0 Å². The number of rotatable bonds is 2. The molecule has 0 spiro atoms. The molecule has 1 amide bonds. The Bertz CT molecular complexity index is 962. The highest BCUT2D eigenvalue weighted by atomic mass is 32.2. The number of aromatic nitrogens is 2. The maximum absolute atomic E-state index is 14.7. The predicted molar refractivity (Wildman–Crippen MR) is 74.8 cm³/mol. The number of nitrogens with zero attached hydrogens (tertiary/aromatic N) is 3. The molecule has 1 saturated heterocycles. The fourth-order valence-corrected chi connectivity index (χ4v) is 3.33. The molecule has 1 aliphatic rings. The third-order valence-electron chi connectivity index (χ3n) is 3.15. The minimum atomic E-state index is -4.28. The van der Waals surface area contributed by atoms with Crippen LogP contribution in [0.3, 0.4) is 0 Å². The number of aromatic hydroxyl groups is 1. The number of nitriles is 1. The molecule has 0 atom stereocenters. The summed E-state index contributed by atoms with van der Waals surface area (Å²) in [5, 5.41) is 24.6. The van der Waals surface area contributed by atoms with E-state index in [0.29, 0.717) is 4.31 Å². The van der Waals surface area contributed by atoms with Crippen molar-refractivity contribution in [2.24, 2.45) is 0 Å². The van der Waals surface area contributed by atoms with Crippen LogP contribution in [0, 0.1) is 17.1 Å². The van der Waals surface area contributed by atoms with Crippen molar-refractivity contribution in [2.75, 3.05) is 10.8 Å². The Morgan fingerprint density at radius 3 is 2.74 bits per heavy atom. The first-order valence-electron chi connectivity index (χ1n) is 6.14. The highest BCUT2D eigenvalue weighted by Crippen LogP contribution is 2.38. The number of halogens is 1. The van der Waals surface area contributed by atoms with E-state index in [0.717, 1.165) is 6.07 Å². The minimum Gasteiger partial charge on any atom is -0.506 e. The molecule has 0 aliphatic carbocycles. The van der Waals surface area contributed by atoms with E-state index < -0.39 is 39.9 Å². The van der Waals surface area contributed by atoms with E-state index in [2.05, 4.69) is 10.2 Å². The molecular formula is C12H8FN5O4S. The Hall–Kier alpha value is -3.13. The number of hydrogen-bond donors (Lipinski definition) is 3. The molecular weight excluding hydrogens is 329 g/mol. The summed E-state index contributed by atoms with van der Waals surface area (Å²) in [7, 11) is -4.28. The Balaban J connectivity index is 2.17. The zero-order valence-corrected chi connectivity index (χ0v) is 12.1. The van der Waals surface area contributed by atoms with Crippen LogP contribution in [0.25, 0.3) is 11.3 Å². The molecule has 1 aromatic carbocycles. The third-order valence-corrected chi connectivity index (χ3v) is 4.52.